The zero-order valence-electron chi connectivity index (χ0n) is 13.7. The van der Waals surface area contributed by atoms with Gasteiger partial charge in [-0.15, -0.1) is 0 Å². The lowest BCUT2D eigenvalue weighted by Gasteiger charge is -2.34. The molecule has 5 heteroatoms. The van der Waals surface area contributed by atoms with Crippen LogP contribution in [0.4, 0.5) is 5.69 Å². The van der Waals surface area contributed by atoms with Crippen LogP contribution in [0.2, 0.25) is 0 Å². The van der Waals surface area contributed by atoms with Crippen molar-refractivity contribution in [3.05, 3.63) is 18.2 Å². The third kappa shape index (κ3) is 4.13. The van der Waals surface area contributed by atoms with E-state index in [1.54, 1.807) is 26.4 Å². The summed E-state index contributed by atoms with van der Waals surface area (Å²) in [5.74, 6) is 1.29. The summed E-state index contributed by atoms with van der Waals surface area (Å²) in [4.78, 5) is 14.6. The molecular formula is C17H26N2O3. The summed E-state index contributed by atoms with van der Waals surface area (Å²) in [6, 6.07) is 5.94. The number of anilines is 1. The van der Waals surface area contributed by atoms with Crippen LogP contribution in [0.15, 0.2) is 18.2 Å². The standard InChI is InChI=1S/C17H26N2O3/c1-4-14-7-5-6-10-19(14)12-17(20)18-13-8-9-15(21-2)16(11-13)22-3/h8-9,11,14H,4-7,10,12H2,1-3H3,(H,18,20). The molecule has 1 aliphatic rings. The number of hydrogen-bond donors (Lipinski definition) is 1. The van der Waals surface area contributed by atoms with Gasteiger partial charge in [-0.25, -0.2) is 0 Å². The van der Waals surface area contributed by atoms with Gasteiger partial charge in [-0.3, -0.25) is 9.69 Å². The number of piperidine rings is 1. The smallest absolute Gasteiger partial charge is 0.238 e. The summed E-state index contributed by atoms with van der Waals surface area (Å²) in [5, 5.41) is 2.94. The summed E-state index contributed by atoms with van der Waals surface area (Å²) >= 11 is 0. The van der Waals surface area contributed by atoms with Crippen molar-refractivity contribution in [1.29, 1.82) is 0 Å². The monoisotopic (exact) mass is 306 g/mol. The van der Waals surface area contributed by atoms with Crippen LogP contribution < -0.4 is 14.8 Å². The van der Waals surface area contributed by atoms with E-state index in [0.29, 0.717) is 24.1 Å². The number of benzene rings is 1. The molecule has 2 rings (SSSR count). The molecule has 1 amide bonds. The van der Waals surface area contributed by atoms with Crippen LogP contribution in [0.25, 0.3) is 0 Å². The van der Waals surface area contributed by atoms with E-state index in [9.17, 15) is 4.79 Å². The maximum Gasteiger partial charge on any atom is 0.238 e. The number of nitrogens with zero attached hydrogens (tertiary/aromatic N) is 1. The highest BCUT2D eigenvalue weighted by Gasteiger charge is 2.22. The first-order chi connectivity index (χ1) is 10.7. The molecule has 0 aliphatic carbocycles. The summed E-state index contributed by atoms with van der Waals surface area (Å²) in [6.45, 7) is 3.65. The van der Waals surface area contributed by atoms with Crippen LogP contribution in [0, 0.1) is 0 Å². The number of likely N-dealkylation sites (tertiary alicyclic amines) is 1. The highest BCUT2D eigenvalue weighted by molar-refractivity contribution is 5.92. The summed E-state index contributed by atoms with van der Waals surface area (Å²) in [7, 11) is 3.18. The highest BCUT2D eigenvalue weighted by Crippen LogP contribution is 2.29. The average Bonchev–Trinajstić information content (AvgIpc) is 2.55. The molecule has 0 radical (unpaired) electrons. The van der Waals surface area contributed by atoms with E-state index < -0.39 is 0 Å². The fourth-order valence-corrected chi connectivity index (χ4v) is 3.03. The van der Waals surface area contributed by atoms with Crippen molar-refractivity contribution < 1.29 is 14.3 Å². The fourth-order valence-electron chi connectivity index (χ4n) is 3.03. The molecule has 1 N–H and O–H groups in total. The van der Waals surface area contributed by atoms with Gasteiger partial charge in [-0.05, 0) is 37.9 Å². The molecule has 5 nitrogen and oxygen atoms in total. The molecule has 1 unspecified atom stereocenters. The summed E-state index contributed by atoms with van der Waals surface area (Å²) in [6.07, 6.45) is 4.75. The molecule has 1 atom stereocenters. The van der Waals surface area contributed by atoms with Gasteiger partial charge in [0.1, 0.15) is 0 Å². The molecular weight excluding hydrogens is 280 g/mol. The van der Waals surface area contributed by atoms with E-state index in [0.717, 1.165) is 18.7 Å². The van der Waals surface area contributed by atoms with Crippen molar-refractivity contribution in [2.45, 2.75) is 38.6 Å². The van der Waals surface area contributed by atoms with Crippen molar-refractivity contribution in [2.75, 3.05) is 32.6 Å². The predicted octanol–water partition coefficient (Wildman–Crippen LogP) is 2.91. The van der Waals surface area contributed by atoms with E-state index in [1.807, 2.05) is 6.07 Å². The first-order valence-corrected chi connectivity index (χ1v) is 7.93. The Morgan fingerprint density at radius 2 is 2.05 bits per heavy atom. The second-order valence-electron chi connectivity index (χ2n) is 5.65. The Morgan fingerprint density at radius 1 is 1.27 bits per heavy atom. The highest BCUT2D eigenvalue weighted by atomic mass is 16.5. The molecule has 0 spiro atoms. The number of rotatable bonds is 6. The molecule has 0 bridgehead atoms. The van der Waals surface area contributed by atoms with Gasteiger partial charge in [0.25, 0.3) is 0 Å². The number of carbonyl (C=O) groups excluding carboxylic acids is 1. The SMILES string of the molecule is CCC1CCCCN1CC(=O)Nc1ccc(OC)c(OC)c1. The number of amides is 1. The number of nitrogens with one attached hydrogen (secondary N) is 1. The van der Waals surface area contributed by atoms with E-state index >= 15 is 0 Å². The molecule has 122 valence electrons. The Bertz CT molecular complexity index is 505. The second-order valence-corrected chi connectivity index (χ2v) is 5.65. The zero-order chi connectivity index (χ0) is 15.9. The first kappa shape index (κ1) is 16.6. The van der Waals surface area contributed by atoms with Crippen LogP contribution in [0.1, 0.15) is 32.6 Å². The predicted molar refractivity (Wildman–Crippen MR) is 87.7 cm³/mol. The second kappa shape index (κ2) is 8.03. The molecule has 1 aliphatic heterocycles. The van der Waals surface area contributed by atoms with Crippen molar-refractivity contribution in [3.63, 3.8) is 0 Å². The zero-order valence-corrected chi connectivity index (χ0v) is 13.7. The Labute approximate surface area is 132 Å². The molecule has 1 aromatic carbocycles. The van der Waals surface area contributed by atoms with E-state index in [2.05, 4.69) is 17.1 Å². The Kier molecular flexibility index (Phi) is 6.07. The van der Waals surface area contributed by atoms with Gasteiger partial charge < -0.3 is 14.8 Å². The number of ether oxygens (including phenoxy) is 2. The van der Waals surface area contributed by atoms with Crippen LogP contribution in [-0.4, -0.2) is 44.2 Å². The number of hydrogen-bond acceptors (Lipinski definition) is 4. The third-order valence-corrected chi connectivity index (χ3v) is 4.23. The molecule has 1 heterocycles. The van der Waals surface area contributed by atoms with Gasteiger partial charge in [0.2, 0.25) is 5.91 Å². The van der Waals surface area contributed by atoms with Gasteiger partial charge in [0.15, 0.2) is 11.5 Å². The Balaban J connectivity index is 1.96. The van der Waals surface area contributed by atoms with Gasteiger partial charge in [0, 0.05) is 17.8 Å². The normalized spacial score (nSPS) is 18.8. The van der Waals surface area contributed by atoms with Gasteiger partial charge in [-0.1, -0.05) is 13.3 Å². The average molecular weight is 306 g/mol. The fraction of sp³-hybridized carbons (Fsp3) is 0.588. The molecule has 1 aromatic rings. The van der Waals surface area contributed by atoms with Gasteiger partial charge in [-0.2, -0.15) is 0 Å². The molecule has 22 heavy (non-hydrogen) atoms. The maximum absolute atomic E-state index is 12.3. The molecule has 1 saturated heterocycles. The van der Waals surface area contributed by atoms with Crippen molar-refractivity contribution in [2.24, 2.45) is 0 Å². The molecule has 0 saturated carbocycles. The number of methoxy groups -OCH3 is 2. The van der Waals surface area contributed by atoms with Crippen LogP contribution in [0.3, 0.4) is 0 Å². The molecule has 0 aromatic heterocycles. The minimum atomic E-state index is 0.0209. The lowest BCUT2D eigenvalue weighted by atomic mass is 10.00. The van der Waals surface area contributed by atoms with Crippen molar-refractivity contribution in [1.82, 2.24) is 4.90 Å². The minimum absolute atomic E-state index is 0.0209. The lowest BCUT2D eigenvalue weighted by Crippen LogP contribution is -2.43. The number of carbonyl (C=O) groups is 1. The maximum atomic E-state index is 12.3. The molecule has 1 fully saturated rings. The largest absolute Gasteiger partial charge is 0.493 e. The van der Waals surface area contributed by atoms with Gasteiger partial charge in [0.05, 0.1) is 20.8 Å². The lowest BCUT2D eigenvalue weighted by molar-refractivity contribution is -0.118. The van der Waals surface area contributed by atoms with E-state index in [-0.39, 0.29) is 5.91 Å². The van der Waals surface area contributed by atoms with Crippen molar-refractivity contribution >= 4 is 11.6 Å². The van der Waals surface area contributed by atoms with Crippen molar-refractivity contribution in [3.8, 4) is 11.5 Å². The van der Waals surface area contributed by atoms with Crippen LogP contribution in [0.5, 0.6) is 11.5 Å². The third-order valence-electron chi connectivity index (χ3n) is 4.23. The topological polar surface area (TPSA) is 50.8 Å². The van der Waals surface area contributed by atoms with Crippen LogP contribution in [-0.2, 0) is 4.79 Å². The summed E-state index contributed by atoms with van der Waals surface area (Å²) < 4.78 is 10.5. The quantitative estimate of drug-likeness (QED) is 0.878. The van der Waals surface area contributed by atoms with Crippen LogP contribution >= 0.6 is 0 Å². The van der Waals surface area contributed by atoms with Gasteiger partial charge >= 0.3 is 0 Å². The Hall–Kier alpha value is -1.75. The Morgan fingerprint density at radius 3 is 2.73 bits per heavy atom. The van der Waals surface area contributed by atoms with E-state index in [1.165, 1.54) is 19.3 Å². The summed E-state index contributed by atoms with van der Waals surface area (Å²) in [5.41, 5.74) is 0.729. The first-order valence-electron chi connectivity index (χ1n) is 7.93. The van der Waals surface area contributed by atoms with E-state index in [4.69, 9.17) is 9.47 Å². The minimum Gasteiger partial charge on any atom is -0.493 e.